The van der Waals surface area contributed by atoms with Gasteiger partial charge in [-0.25, -0.2) is 8.42 Å². The molecule has 0 saturated carbocycles. The van der Waals surface area contributed by atoms with Gasteiger partial charge in [-0.15, -0.1) is 11.3 Å². The number of piperidine rings is 1. The summed E-state index contributed by atoms with van der Waals surface area (Å²) in [5.74, 6) is -0.141. The average molecular weight is 413 g/mol. The smallest absolute Gasteiger partial charge is 0.252 e. The number of amides is 1. The third kappa shape index (κ3) is 4.65. The second-order valence-electron chi connectivity index (χ2n) is 6.30. The summed E-state index contributed by atoms with van der Waals surface area (Å²) in [5, 5.41) is 5.28. The van der Waals surface area contributed by atoms with Crippen LogP contribution in [0.4, 0.5) is 0 Å². The number of hydrogen-bond acceptors (Lipinski definition) is 4. The summed E-state index contributed by atoms with van der Waals surface area (Å²) in [6.07, 6.45) is 2.65. The molecule has 1 atom stereocenters. The molecule has 2 aromatic rings. The second kappa shape index (κ2) is 8.52. The van der Waals surface area contributed by atoms with E-state index in [4.69, 9.17) is 11.6 Å². The van der Waals surface area contributed by atoms with Crippen molar-refractivity contribution in [1.82, 2.24) is 9.62 Å². The van der Waals surface area contributed by atoms with Crippen LogP contribution >= 0.6 is 22.9 Å². The quantitative estimate of drug-likeness (QED) is 0.787. The van der Waals surface area contributed by atoms with Gasteiger partial charge in [0.1, 0.15) is 4.21 Å². The predicted octanol–water partition coefficient (Wildman–Crippen LogP) is 3.65. The summed E-state index contributed by atoms with van der Waals surface area (Å²) in [4.78, 5) is 12.4. The van der Waals surface area contributed by atoms with Crippen LogP contribution in [0.1, 0.15) is 31.2 Å². The molecule has 2 heterocycles. The fourth-order valence-electron chi connectivity index (χ4n) is 3.11. The lowest BCUT2D eigenvalue weighted by atomic mass is 10.0. The highest BCUT2D eigenvalue weighted by Crippen LogP contribution is 2.29. The minimum absolute atomic E-state index is 0.141. The maximum atomic E-state index is 12.8. The molecule has 0 unspecified atom stereocenters. The number of sulfonamides is 1. The van der Waals surface area contributed by atoms with E-state index in [0.717, 1.165) is 18.4 Å². The molecule has 1 fully saturated rings. The Kier molecular flexibility index (Phi) is 6.34. The molecule has 5 nitrogen and oxygen atoms in total. The van der Waals surface area contributed by atoms with Crippen LogP contribution in [0.15, 0.2) is 46.0 Å². The number of benzene rings is 1. The number of nitrogens with zero attached hydrogens (tertiary/aromatic N) is 1. The Balaban J connectivity index is 1.63. The fourth-order valence-corrected chi connectivity index (χ4v) is 6.05. The maximum absolute atomic E-state index is 12.8. The zero-order valence-corrected chi connectivity index (χ0v) is 16.6. The molecule has 140 valence electrons. The first-order valence-electron chi connectivity index (χ1n) is 8.53. The molecule has 0 bridgehead atoms. The van der Waals surface area contributed by atoms with Crippen molar-refractivity contribution in [2.75, 3.05) is 6.54 Å². The Morgan fingerprint density at radius 2 is 2.00 bits per heavy atom. The topological polar surface area (TPSA) is 66.5 Å². The third-order valence-corrected chi connectivity index (χ3v) is 8.03. The highest BCUT2D eigenvalue weighted by Gasteiger charge is 2.35. The first-order chi connectivity index (χ1) is 12.5. The minimum atomic E-state index is -3.53. The first kappa shape index (κ1) is 19.4. The van der Waals surface area contributed by atoms with Crippen LogP contribution in [0.5, 0.6) is 0 Å². The number of rotatable bonds is 6. The van der Waals surface area contributed by atoms with Gasteiger partial charge in [0.05, 0.1) is 0 Å². The lowest BCUT2D eigenvalue weighted by molar-refractivity contribution is -0.122. The zero-order chi connectivity index (χ0) is 18.6. The van der Waals surface area contributed by atoms with E-state index in [-0.39, 0.29) is 18.4 Å². The Morgan fingerprint density at radius 1 is 1.23 bits per heavy atom. The summed E-state index contributed by atoms with van der Waals surface area (Å²) in [6.45, 7) is 0.871. The highest BCUT2D eigenvalue weighted by atomic mass is 35.5. The molecule has 1 aliphatic rings. The van der Waals surface area contributed by atoms with Gasteiger partial charge in [0.15, 0.2) is 0 Å². The van der Waals surface area contributed by atoms with Crippen LogP contribution in [0, 0.1) is 0 Å². The van der Waals surface area contributed by atoms with Gasteiger partial charge in [-0.05, 0) is 42.0 Å². The van der Waals surface area contributed by atoms with Gasteiger partial charge in [-0.3, -0.25) is 4.79 Å². The van der Waals surface area contributed by atoms with Crippen molar-refractivity contribution in [3.63, 3.8) is 0 Å². The molecule has 0 radical (unpaired) electrons. The summed E-state index contributed by atoms with van der Waals surface area (Å²) in [6, 6.07) is 10.3. The van der Waals surface area contributed by atoms with Crippen molar-refractivity contribution >= 4 is 38.9 Å². The lowest BCUT2D eigenvalue weighted by Gasteiger charge is -2.34. The summed E-state index contributed by atoms with van der Waals surface area (Å²) < 4.78 is 27.5. The summed E-state index contributed by atoms with van der Waals surface area (Å²) in [5.41, 5.74) is 0.953. The van der Waals surface area contributed by atoms with Crippen LogP contribution < -0.4 is 5.32 Å². The summed E-state index contributed by atoms with van der Waals surface area (Å²) >= 11 is 7.07. The standard InChI is InChI=1S/C18H21ClN2O3S2/c19-15-8-6-14(7-9-15)13-20-17(22)12-16-4-1-2-10-21(16)26(23,24)18-5-3-11-25-18/h3,5-9,11,16H,1-2,4,10,12-13H2,(H,20,22)/t16-/m1/s1. The molecule has 26 heavy (non-hydrogen) atoms. The van der Waals surface area contributed by atoms with E-state index >= 15 is 0 Å². The van der Waals surface area contributed by atoms with E-state index in [9.17, 15) is 13.2 Å². The molecule has 1 aromatic carbocycles. The molecule has 8 heteroatoms. The van der Waals surface area contributed by atoms with Crippen LogP contribution in [0.2, 0.25) is 5.02 Å². The molecule has 3 rings (SSSR count). The van der Waals surface area contributed by atoms with E-state index in [1.54, 1.807) is 29.6 Å². The number of carbonyl (C=O) groups is 1. The van der Waals surface area contributed by atoms with E-state index in [0.29, 0.717) is 28.7 Å². The van der Waals surface area contributed by atoms with Crippen LogP contribution in [0.25, 0.3) is 0 Å². The third-order valence-electron chi connectivity index (χ3n) is 4.46. The van der Waals surface area contributed by atoms with Crippen LogP contribution in [-0.2, 0) is 21.4 Å². The van der Waals surface area contributed by atoms with Gasteiger partial charge >= 0.3 is 0 Å². The fraction of sp³-hybridized carbons (Fsp3) is 0.389. The Hall–Kier alpha value is -1.41. The summed E-state index contributed by atoms with van der Waals surface area (Å²) in [7, 11) is -3.53. The van der Waals surface area contributed by atoms with E-state index in [1.165, 1.54) is 15.6 Å². The molecular formula is C18H21ClN2O3S2. The Labute approximate surface area is 163 Å². The molecule has 1 aliphatic heterocycles. The molecule has 1 aromatic heterocycles. The van der Waals surface area contributed by atoms with E-state index < -0.39 is 10.0 Å². The molecular weight excluding hydrogens is 392 g/mol. The highest BCUT2D eigenvalue weighted by molar-refractivity contribution is 7.91. The molecule has 0 spiro atoms. The maximum Gasteiger partial charge on any atom is 0.252 e. The van der Waals surface area contributed by atoms with Gasteiger partial charge in [0.25, 0.3) is 10.0 Å². The Bertz CT molecular complexity index is 836. The molecule has 1 N–H and O–H groups in total. The minimum Gasteiger partial charge on any atom is -0.352 e. The number of nitrogens with one attached hydrogen (secondary N) is 1. The predicted molar refractivity (Wildman–Crippen MR) is 104 cm³/mol. The monoisotopic (exact) mass is 412 g/mol. The number of thiophene rings is 1. The lowest BCUT2D eigenvalue weighted by Crippen LogP contribution is -2.45. The van der Waals surface area contributed by atoms with Gasteiger partial charge in [-0.1, -0.05) is 36.2 Å². The van der Waals surface area contributed by atoms with Crippen LogP contribution in [-0.4, -0.2) is 31.2 Å². The van der Waals surface area contributed by atoms with Crippen molar-refractivity contribution in [2.24, 2.45) is 0 Å². The van der Waals surface area contributed by atoms with Crippen molar-refractivity contribution in [2.45, 2.75) is 42.5 Å². The van der Waals surface area contributed by atoms with E-state index in [1.807, 2.05) is 12.1 Å². The molecule has 0 aliphatic carbocycles. The van der Waals surface area contributed by atoms with E-state index in [2.05, 4.69) is 5.32 Å². The van der Waals surface area contributed by atoms with Crippen LogP contribution in [0.3, 0.4) is 0 Å². The number of halogens is 1. The molecule has 1 amide bonds. The average Bonchev–Trinajstić information content (AvgIpc) is 3.17. The zero-order valence-electron chi connectivity index (χ0n) is 14.2. The van der Waals surface area contributed by atoms with Crippen molar-refractivity contribution in [1.29, 1.82) is 0 Å². The van der Waals surface area contributed by atoms with Gasteiger partial charge in [-0.2, -0.15) is 4.31 Å². The SMILES string of the molecule is O=C(C[C@H]1CCCCN1S(=O)(=O)c1cccs1)NCc1ccc(Cl)cc1. The van der Waals surface area contributed by atoms with Gasteiger partial charge < -0.3 is 5.32 Å². The van der Waals surface area contributed by atoms with Gasteiger partial charge in [0, 0.05) is 30.6 Å². The first-order valence-corrected chi connectivity index (χ1v) is 11.2. The van der Waals surface area contributed by atoms with Crippen molar-refractivity contribution in [3.05, 3.63) is 52.4 Å². The van der Waals surface area contributed by atoms with Crippen molar-refractivity contribution < 1.29 is 13.2 Å². The number of carbonyl (C=O) groups excluding carboxylic acids is 1. The normalized spacial score (nSPS) is 18.6. The second-order valence-corrected chi connectivity index (χ2v) is 9.81. The Morgan fingerprint density at radius 3 is 2.69 bits per heavy atom. The van der Waals surface area contributed by atoms with Gasteiger partial charge in [0.2, 0.25) is 5.91 Å². The number of hydrogen-bond donors (Lipinski definition) is 1. The molecule has 1 saturated heterocycles. The van der Waals surface area contributed by atoms with Crippen molar-refractivity contribution in [3.8, 4) is 0 Å². The largest absolute Gasteiger partial charge is 0.352 e.